The van der Waals surface area contributed by atoms with E-state index >= 15 is 0 Å². The molecule has 0 atom stereocenters. The molecule has 0 saturated carbocycles. The number of hydrogen-bond acceptors (Lipinski definition) is 4. The molecule has 0 bridgehead atoms. The van der Waals surface area contributed by atoms with Gasteiger partial charge in [0.2, 0.25) is 10.0 Å². The zero-order valence-electron chi connectivity index (χ0n) is 7.27. The van der Waals surface area contributed by atoms with Gasteiger partial charge in [-0.3, -0.25) is 4.98 Å². The molecule has 0 aromatic carbocycles. The van der Waals surface area contributed by atoms with Crippen LogP contribution < -0.4 is 10.5 Å². The van der Waals surface area contributed by atoms with Crippen LogP contribution in [0, 0.1) is 0 Å². The first kappa shape index (κ1) is 11.4. The summed E-state index contributed by atoms with van der Waals surface area (Å²) in [6.45, 7) is 0.407. The molecule has 14 heavy (non-hydrogen) atoms. The number of nitrogens with two attached hydrogens (primary N) is 1. The number of halogens is 1. The summed E-state index contributed by atoms with van der Waals surface area (Å²) >= 11 is 5.70. The molecule has 3 N–H and O–H groups in total. The highest BCUT2D eigenvalue weighted by Gasteiger charge is 2.16. The fourth-order valence-corrected chi connectivity index (χ4v) is 2.31. The van der Waals surface area contributed by atoms with Crippen LogP contribution in [-0.2, 0) is 10.0 Å². The third-order valence-corrected chi connectivity index (χ3v) is 3.39. The third kappa shape index (κ3) is 2.65. The molecule has 0 aliphatic carbocycles. The fourth-order valence-electron chi connectivity index (χ4n) is 0.832. The van der Waals surface area contributed by atoms with Gasteiger partial charge < -0.3 is 5.73 Å². The van der Waals surface area contributed by atoms with E-state index in [1.54, 1.807) is 0 Å². The second-order valence-corrected chi connectivity index (χ2v) is 4.64. The summed E-state index contributed by atoms with van der Waals surface area (Å²) in [5.74, 6) is 0. The number of nitrogens with one attached hydrogen (secondary N) is 1. The van der Waals surface area contributed by atoms with Gasteiger partial charge in [-0.2, -0.15) is 0 Å². The SMILES string of the molecule is NCCNS(=O)(=O)c1cnccc1Cl. The van der Waals surface area contributed by atoms with Crippen LogP contribution >= 0.6 is 11.6 Å². The molecule has 0 aliphatic heterocycles. The zero-order chi connectivity index (χ0) is 10.6. The molecule has 78 valence electrons. The first-order chi connectivity index (χ1) is 6.58. The van der Waals surface area contributed by atoms with Crippen molar-refractivity contribution in [3.05, 3.63) is 23.5 Å². The molecule has 1 aromatic rings. The summed E-state index contributed by atoms with van der Waals surface area (Å²) in [4.78, 5) is 3.65. The number of pyridine rings is 1. The van der Waals surface area contributed by atoms with Gasteiger partial charge in [0.05, 0.1) is 5.02 Å². The summed E-state index contributed by atoms with van der Waals surface area (Å²) in [6, 6.07) is 1.42. The zero-order valence-corrected chi connectivity index (χ0v) is 8.85. The average molecular weight is 236 g/mol. The van der Waals surface area contributed by atoms with Gasteiger partial charge in [0, 0.05) is 25.5 Å². The second-order valence-electron chi connectivity index (χ2n) is 2.49. The Hall–Kier alpha value is -0.690. The Labute approximate surface area is 87.3 Å². The van der Waals surface area contributed by atoms with Crippen molar-refractivity contribution in [1.82, 2.24) is 9.71 Å². The number of sulfonamides is 1. The van der Waals surface area contributed by atoms with Crippen molar-refractivity contribution in [2.75, 3.05) is 13.1 Å². The molecule has 5 nitrogen and oxygen atoms in total. The summed E-state index contributed by atoms with van der Waals surface area (Å²) < 4.78 is 25.3. The Morgan fingerprint density at radius 2 is 2.29 bits per heavy atom. The van der Waals surface area contributed by atoms with E-state index in [1.807, 2.05) is 0 Å². The lowest BCUT2D eigenvalue weighted by atomic mass is 10.5. The molecule has 0 amide bonds. The van der Waals surface area contributed by atoms with Crippen molar-refractivity contribution in [3.8, 4) is 0 Å². The van der Waals surface area contributed by atoms with Crippen molar-refractivity contribution < 1.29 is 8.42 Å². The van der Waals surface area contributed by atoms with Crippen molar-refractivity contribution in [2.45, 2.75) is 4.90 Å². The largest absolute Gasteiger partial charge is 0.329 e. The Bertz CT molecular complexity index is 407. The molecule has 0 radical (unpaired) electrons. The summed E-state index contributed by atoms with van der Waals surface area (Å²) in [7, 11) is -3.58. The summed E-state index contributed by atoms with van der Waals surface area (Å²) in [5.41, 5.74) is 5.18. The summed E-state index contributed by atoms with van der Waals surface area (Å²) in [5, 5.41) is 0.143. The Morgan fingerprint density at radius 1 is 1.57 bits per heavy atom. The van der Waals surface area contributed by atoms with E-state index in [0.29, 0.717) is 0 Å². The third-order valence-electron chi connectivity index (χ3n) is 1.46. The minimum Gasteiger partial charge on any atom is -0.329 e. The molecule has 0 aliphatic rings. The standard InChI is InChI=1S/C7H10ClN3O2S/c8-6-1-3-10-5-7(6)14(12,13)11-4-2-9/h1,3,5,11H,2,4,9H2. The minimum absolute atomic E-state index is 0.0323. The van der Waals surface area contributed by atoms with E-state index in [-0.39, 0.29) is 23.0 Å². The molecule has 0 unspecified atom stereocenters. The summed E-state index contributed by atoms with van der Waals surface area (Å²) in [6.07, 6.45) is 2.62. The number of hydrogen-bond donors (Lipinski definition) is 2. The monoisotopic (exact) mass is 235 g/mol. The highest BCUT2D eigenvalue weighted by Crippen LogP contribution is 2.18. The highest BCUT2D eigenvalue weighted by atomic mass is 35.5. The Balaban J connectivity index is 2.99. The molecule has 0 spiro atoms. The van der Waals surface area contributed by atoms with E-state index in [0.717, 1.165) is 0 Å². The molecular weight excluding hydrogens is 226 g/mol. The molecule has 0 saturated heterocycles. The molecule has 1 aromatic heterocycles. The molecule has 0 fully saturated rings. The minimum atomic E-state index is -3.58. The van der Waals surface area contributed by atoms with Crippen molar-refractivity contribution in [2.24, 2.45) is 5.73 Å². The van der Waals surface area contributed by atoms with E-state index in [2.05, 4.69) is 9.71 Å². The maximum atomic E-state index is 11.5. The van der Waals surface area contributed by atoms with Crippen LogP contribution in [0.3, 0.4) is 0 Å². The second kappa shape index (κ2) is 4.70. The van der Waals surface area contributed by atoms with Crippen LogP contribution in [0.5, 0.6) is 0 Å². The molecule has 7 heteroatoms. The van der Waals surface area contributed by atoms with Crippen LogP contribution in [-0.4, -0.2) is 26.5 Å². The van der Waals surface area contributed by atoms with Gasteiger partial charge in [0.25, 0.3) is 0 Å². The van der Waals surface area contributed by atoms with Crippen molar-refractivity contribution in [1.29, 1.82) is 0 Å². The predicted molar refractivity (Wildman–Crippen MR) is 53.5 cm³/mol. The first-order valence-corrected chi connectivity index (χ1v) is 5.73. The van der Waals surface area contributed by atoms with E-state index in [9.17, 15) is 8.42 Å². The number of rotatable bonds is 4. The molecule has 1 heterocycles. The van der Waals surface area contributed by atoms with Crippen LogP contribution in [0.1, 0.15) is 0 Å². The Kier molecular flexibility index (Phi) is 3.82. The van der Waals surface area contributed by atoms with Gasteiger partial charge in [-0.25, -0.2) is 13.1 Å². The van der Waals surface area contributed by atoms with Gasteiger partial charge in [0.15, 0.2) is 0 Å². The fraction of sp³-hybridized carbons (Fsp3) is 0.286. The van der Waals surface area contributed by atoms with Crippen molar-refractivity contribution in [3.63, 3.8) is 0 Å². The highest BCUT2D eigenvalue weighted by molar-refractivity contribution is 7.89. The molecular formula is C7H10ClN3O2S. The lowest BCUT2D eigenvalue weighted by Crippen LogP contribution is -2.29. The Morgan fingerprint density at radius 3 is 2.86 bits per heavy atom. The van der Waals surface area contributed by atoms with Gasteiger partial charge >= 0.3 is 0 Å². The predicted octanol–water partition coefficient (Wildman–Crippen LogP) is -0.0280. The van der Waals surface area contributed by atoms with Gasteiger partial charge in [-0.05, 0) is 6.07 Å². The van der Waals surface area contributed by atoms with Gasteiger partial charge in [0.1, 0.15) is 4.90 Å². The maximum absolute atomic E-state index is 11.5. The number of nitrogens with zero attached hydrogens (tertiary/aromatic N) is 1. The van der Waals surface area contributed by atoms with Crippen molar-refractivity contribution >= 4 is 21.6 Å². The average Bonchev–Trinajstić information content (AvgIpc) is 2.15. The number of aromatic nitrogens is 1. The maximum Gasteiger partial charge on any atom is 0.243 e. The quantitative estimate of drug-likeness (QED) is 0.768. The lowest BCUT2D eigenvalue weighted by molar-refractivity contribution is 0.582. The topological polar surface area (TPSA) is 85.1 Å². The lowest BCUT2D eigenvalue weighted by Gasteiger charge is -2.05. The van der Waals surface area contributed by atoms with E-state index in [1.165, 1.54) is 18.5 Å². The molecule has 1 rings (SSSR count). The normalized spacial score (nSPS) is 11.6. The van der Waals surface area contributed by atoms with E-state index < -0.39 is 10.0 Å². The van der Waals surface area contributed by atoms with E-state index in [4.69, 9.17) is 17.3 Å². The van der Waals surface area contributed by atoms with Gasteiger partial charge in [-0.15, -0.1) is 0 Å². The first-order valence-electron chi connectivity index (χ1n) is 3.87. The smallest absolute Gasteiger partial charge is 0.243 e. The van der Waals surface area contributed by atoms with Crippen LogP contribution in [0.4, 0.5) is 0 Å². The van der Waals surface area contributed by atoms with Gasteiger partial charge in [-0.1, -0.05) is 11.6 Å². The van der Waals surface area contributed by atoms with Crippen LogP contribution in [0.2, 0.25) is 5.02 Å². The van der Waals surface area contributed by atoms with Crippen LogP contribution in [0.25, 0.3) is 0 Å². The van der Waals surface area contributed by atoms with Crippen LogP contribution in [0.15, 0.2) is 23.4 Å².